The molecule has 3 nitrogen and oxygen atoms in total. The Morgan fingerprint density at radius 3 is 2.10 bits per heavy atom. The highest BCUT2D eigenvalue weighted by Gasteiger charge is 2.42. The van der Waals surface area contributed by atoms with Crippen LogP contribution in [0, 0.1) is 17.8 Å². The lowest BCUT2D eigenvalue weighted by Gasteiger charge is -2.31. The first-order valence-corrected chi connectivity index (χ1v) is 8.82. The number of nitrogens with zero attached hydrogens (tertiary/aromatic N) is 1. The first-order valence-electron chi connectivity index (χ1n) is 8.82. The van der Waals surface area contributed by atoms with Crippen molar-refractivity contribution in [2.45, 2.75) is 92.4 Å². The highest BCUT2D eigenvalue weighted by molar-refractivity contribution is 5.84. The van der Waals surface area contributed by atoms with E-state index in [0.29, 0.717) is 23.8 Å². The van der Waals surface area contributed by atoms with Crippen LogP contribution in [0.4, 0.5) is 0 Å². The van der Waals surface area contributed by atoms with E-state index in [1.807, 2.05) is 0 Å². The topological polar surface area (TPSA) is 32.3 Å². The van der Waals surface area contributed by atoms with Gasteiger partial charge in [-0.25, -0.2) is 0 Å². The maximum absolute atomic E-state index is 12.7. The molecule has 21 heavy (non-hydrogen) atoms. The fourth-order valence-corrected chi connectivity index (χ4v) is 3.26. The zero-order valence-electron chi connectivity index (χ0n) is 15.1. The van der Waals surface area contributed by atoms with E-state index in [4.69, 9.17) is 0 Å². The van der Waals surface area contributed by atoms with E-state index >= 15 is 0 Å². The highest BCUT2D eigenvalue weighted by atomic mass is 16.2. The average molecular weight is 296 g/mol. The predicted octanol–water partition coefficient (Wildman–Crippen LogP) is 4.03. The fraction of sp³-hybridized carbons (Fsp3) is 0.944. The highest BCUT2D eigenvalue weighted by Crippen LogP contribution is 2.25. The van der Waals surface area contributed by atoms with Gasteiger partial charge in [0.25, 0.3) is 0 Å². The Labute approximate surface area is 131 Å². The second-order valence-electron chi connectivity index (χ2n) is 7.95. The molecule has 0 aromatic rings. The van der Waals surface area contributed by atoms with Crippen LogP contribution in [0.25, 0.3) is 0 Å². The third kappa shape index (κ3) is 5.28. The number of hydrogen-bond acceptors (Lipinski definition) is 2. The molecule has 0 spiro atoms. The van der Waals surface area contributed by atoms with E-state index in [9.17, 15) is 4.79 Å². The summed E-state index contributed by atoms with van der Waals surface area (Å²) in [5, 5.41) is 3.58. The van der Waals surface area contributed by atoms with Gasteiger partial charge in [-0.2, -0.15) is 0 Å². The van der Waals surface area contributed by atoms with Gasteiger partial charge in [-0.15, -0.1) is 0 Å². The summed E-state index contributed by atoms with van der Waals surface area (Å²) in [5.41, 5.74) is 0. The maximum atomic E-state index is 12.7. The van der Waals surface area contributed by atoms with Crippen LogP contribution in [0.3, 0.4) is 0 Å². The van der Waals surface area contributed by atoms with Crippen molar-refractivity contribution < 1.29 is 4.79 Å². The van der Waals surface area contributed by atoms with Crippen LogP contribution >= 0.6 is 0 Å². The van der Waals surface area contributed by atoms with Gasteiger partial charge < -0.3 is 4.90 Å². The quantitative estimate of drug-likeness (QED) is 0.733. The van der Waals surface area contributed by atoms with Gasteiger partial charge in [-0.3, -0.25) is 10.1 Å². The van der Waals surface area contributed by atoms with Crippen LogP contribution in [0.1, 0.15) is 74.1 Å². The molecule has 1 heterocycles. The largest absolute Gasteiger partial charge is 0.323 e. The van der Waals surface area contributed by atoms with Crippen molar-refractivity contribution in [1.29, 1.82) is 0 Å². The Balaban J connectivity index is 2.70. The summed E-state index contributed by atoms with van der Waals surface area (Å²) in [5.74, 6) is 2.03. The number of hydrogen-bond donors (Lipinski definition) is 1. The lowest BCUT2D eigenvalue weighted by atomic mass is 10.0. The van der Waals surface area contributed by atoms with E-state index < -0.39 is 0 Å². The van der Waals surface area contributed by atoms with Gasteiger partial charge >= 0.3 is 0 Å². The Morgan fingerprint density at radius 1 is 1.00 bits per heavy atom. The van der Waals surface area contributed by atoms with Gasteiger partial charge in [-0.05, 0) is 37.5 Å². The first-order chi connectivity index (χ1) is 9.73. The van der Waals surface area contributed by atoms with Crippen molar-refractivity contribution in [3.63, 3.8) is 0 Å². The molecule has 0 aromatic heterocycles. The monoisotopic (exact) mass is 296 g/mol. The van der Waals surface area contributed by atoms with Crippen LogP contribution in [-0.4, -0.2) is 29.1 Å². The Morgan fingerprint density at radius 2 is 1.62 bits per heavy atom. The van der Waals surface area contributed by atoms with E-state index in [-0.39, 0.29) is 12.2 Å². The molecule has 1 saturated heterocycles. The van der Waals surface area contributed by atoms with Crippen molar-refractivity contribution in [2.75, 3.05) is 0 Å². The summed E-state index contributed by atoms with van der Waals surface area (Å²) < 4.78 is 0. The predicted molar refractivity (Wildman–Crippen MR) is 90.0 cm³/mol. The smallest absolute Gasteiger partial charge is 0.241 e. The molecule has 0 saturated carbocycles. The van der Waals surface area contributed by atoms with Gasteiger partial charge in [0, 0.05) is 6.04 Å². The number of rotatable bonds is 8. The molecular formula is C18H36N2O. The third-order valence-corrected chi connectivity index (χ3v) is 4.47. The fourth-order valence-electron chi connectivity index (χ4n) is 3.26. The SMILES string of the molecule is CC(C)CCCC(C)N1C(=O)C(C(C)C)NC1CC(C)C. The molecule has 1 amide bonds. The van der Waals surface area contributed by atoms with Crippen LogP contribution in [-0.2, 0) is 4.79 Å². The molecule has 3 heteroatoms. The minimum Gasteiger partial charge on any atom is -0.323 e. The van der Waals surface area contributed by atoms with E-state index in [1.165, 1.54) is 12.8 Å². The van der Waals surface area contributed by atoms with E-state index in [2.05, 4.69) is 58.7 Å². The van der Waals surface area contributed by atoms with Crippen molar-refractivity contribution in [1.82, 2.24) is 10.2 Å². The molecule has 0 aromatic carbocycles. The minimum atomic E-state index is 0.00120. The minimum absolute atomic E-state index is 0.00120. The molecular weight excluding hydrogens is 260 g/mol. The summed E-state index contributed by atoms with van der Waals surface area (Å²) in [7, 11) is 0. The molecule has 0 aliphatic carbocycles. The summed E-state index contributed by atoms with van der Waals surface area (Å²) >= 11 is 0. The van der Waals surface area contributed by atoms with Gasteiger partial charge in [0.1, 0.15) is 0 Å². The summed E-state index contributed by atoms with van der Waals surface area (Å²) in [6.07, 6.45) is 4.85. The van der Waals surface area contributed by atoms with Crippen LogP contribution in [0.15, 0.2) is 0 Å². The zero-order chi connectivity index (χ0) is 16.2. The number of carbonyl (C=O) groups is 1. The molecule has 1 aliphatic rings. The molecule has 124 valence electrons. The molecule has 1 fully saturated rings. The van der Waals surface area contributed by atoms with Crippen molar-refractivity contribution in [3.8, 4) is 0 Å². The lowest BCUT2D eigenvalue weighted by molar-refractivity contribution is -0.133. The molecule has 1 aliphatic heterocycles. The van der Waals surface area contributed by atoms with Crippen LogP contribution in [0.5, 0.6) is 0 Å². The zero-order valence-corrected chi connectivity index (χ0v) is 15.1. The van der Waals surface area contributed by atoms with E-state index in [1.54, 1.807) is 0 Å². The Kier molecular flexibility index (Phi) is 7.19. The molecule has 0 bridgehead atoms. The summed E-state index contributed by atoms with van der Waals surface area (Å²) in [6.45, 7) is 15.5. The normalized spacial score (nSPS) is 24.7. The van der Waals surface area contributed by atoms with Crippen molar-refractivity contribution in [2.24, 2.45) is 17.8 Å². The maximum Gasteiger partial charge on any atom is 0.241 e. The number of nitrogens with one attached hydrogen (secondary N) is 1. The summed E-state index contributed by atoms with van der Waals surface area (Å²) in [4.78, 5) is 14.9. The number of carbonyl (C=O) groups excluding carboxylic acids is 1. The molecule has 1 rings (SSSR count). The number of amides is 1. The summed E-state index contributed by atoms with van der Waals surface area (Å²) in [6, 6.07) is 0.345. The second kappa shape index (κ2) is 8.17. The van der Waals surface area contributed by atoms with Gasteiger partial charge in [0.15, 0.2) is 0 Å². The third-order valence-electron chi connectivity index (χ3n) is 4.47. The van der Waals surface area contributed by atoms with E-state index in [0.717, 1.165) is 18.8 Å². The molecule has 3 unspecified atom stereocenters. The Hall–Kier alpha value is -0.570. The second-order valence-corrected chi connectivity index (χ2v) is 7.95. The molecule has 3 atom stereocenters. The Bertz CT molecular complexity index is 325. The first kappa shape index (κ1) is 18.5. The standard InChI is InChI=1S/C18H36N2O/c1-12(2)9-8-10-15(7)20-16(11-13(3)4)19-17(14(5)6)18(20)21/h12-17,19H,8-11H2,1-7H3. The molecule has 0 radical (unpaired) electrons. The van der Waals surface area contributed by atoms with Crippen LogP contribution in [0.2, 0.25) is 0 Å². The van der Waals surface area contributed by atoms with Gasteiger partial charge in [-0.1, -0.05) is 54.4 Å². The van der Waals surface area contributed by atoms with Crippen LogP contribution < -0.4 is 5.32 Å². The van der Waals surface area contributed by atoms with Gasteiger partial charge in [0.05, 0.1) is 12.2 Å². The average Bonchev–Trinajstić information content (AvgIpc) is 2.64. The van der Waals surface area contributed by atoms with Crippen molar-refractivity contribution >= 4 is 5.91 Å². The van der Waals surface area contributed by atoms with Gasteiger partial charge in [0.2, 0.25) is 5.91 Å². The van der Waals surface area contributed by atoms with Crippen molar-refractivity contribution in [3.05, 3.63) is 0 Å². The molecule has 1 N–H and O–H groups in total. The lowest BCUT2D eigenvalue weighted by Crippen LogP contribution is -2.44.